The molecule has 3 aromatic rings. The molecule has 0 fully saturated rings. The number of carbonyl (C=O) groups is 1. The zero-order valence-electron chi connectivity index (χ0n) is 17.4. The second kappa shape index (κ2) is 10.2. The van der Waals surface area contributed by atoms with Crippen LogP contribution in [0.2, 0.25) is 0 Å². The molecule has 0 aliphatic heterocycles. The van der Waals surface area contributed by atoms with E-state index in [9.17, 15) is 13.2 Å². The van der Waals surface area contributed by atoms with Gasteiger partial charge in [0.05, 0.1) is 10.5 Å². The molecule has 3 aromatic carbocycles. The van der Waals surface area contributed by atoms with Crippen LogP contribution >= 0.6 is 0 Å². The SMILES string of the molecule is CCCCNc1cc(C(=O)OCc2ccccc2)cc(S(N)(=O)=O)c1-c1ccccc1. The van der Waals surface area contributed by atoms with Gasteiger partial charge in [0.2, 0.25) is 10.0 Å². The van der Waals surface area contributed by atoms with Crippen molar-refractivity contribution in [1.29, 1.82) is 0 Å². The Morgan fingerprint density at radius 3 is 2.26 bits per heavy atom. The maximum atomic E-state index is 12.7. The second-order valence-corrected chi connectivity index (χ2v) is 8.68. The van der Waals surface area contributed by atoms with Crippen LogP contribution in [0.25, 0.3) is 11.1 Å². The lowest BCUT2D eigenvalue weighted by Crippen LogP contribution is -2.17. The van der Waals surface area contributed by atoms with Crippen LogP contribution in [0, 0.1) is 0 Å². The largest absolute Gasteiger partial charge is 0.457 e. The molecular weight excluding hydrogens is 412 g/mol. The summed E-state index contributed by atoms with van der Waals surface area (Å²) in [4.78, 5) is 12.6. The van der Waals surface area contributed by atoms with E-state index in [0.717, 1.165) is 18.4 Å². The lowest BCUT2D eigenvalue weighted by atomic mass is 10.0. The van der Waals surface area contributed by atoms with Crippen LogP contribution in [0.5, 0.6) is 0 Å². The van der Waals surface area contributed by atoms with Gasteiger partial charge < -0.3 is 10.1 Å². The van der Waals surface area contributed by atoms with Crippen molar-refractivity contribution in [3.63, 3.8) is 0 Å². The number of sulfonamides is 1. The maximum absolute atomic E-state index is 12.7. The molecular formula is C24H26N2O4S. The quantitative estimate of drug-likeness (QED) is 0.377. The monoisotopic (exact) mass is 438 g/mol. The minimum Gasteiger partial charge on any atom is -0.457 e. The fourth-order valence-electron chi connectivity index (χ4n) is 3.21. The Morgan fingerprint density at radius 2 is 1.65 bits per heavy atom. The van der Waals surface area contributed by atoms with Crippen molar-refractivity contribution < 1.29 is 17.9 Å². The number of primary sulfonamides is 1. The van der Waals surface area contributed by atoms with Crippen molar-refractivity contribution in [1.82, 2.24) is 0 Å². The highest BCUT2D eigenvalue weighted by molar-refractivity contribution is 7.89. The summed E-state index contributed by atoms with van der Waals surface area (Å²) in [6.07, 6.45) is 1.86. The van der Waals surface area contributed by atoms with Crippen molar-refractivity contribution >= 4 is 21.7 Å². The molecule has 6 nitrogen and oxygen atoms in total. The molecule has 0 radical (unpaired) electrons. The van der Waals surface area contributed by atoms with E-state index in [1.165, 1.54) is 6.07 Å². The van der Waals surface area contributed by atoms with Gasteiger partial charge in [-0.2, -0.15) is 0 Å². The molecule has 162 valence electrons. The highest BCUT2D eigenvalue weighted by Gasteiger charge is 2.23. The van der Waals surface area contributed by atoms with Crippen molar-refractivity contribution in [2.24, 2.45) is 5.14 Å². The molecule has 0 amide bonds. The molecule has 31 heavy (non-hydrogen) atoms. The number of unbranched alkanes of at least 4 members (excludes halogenated alkanes) is 1. The van der Waals surface area contributed by atoms with Gasteiger partial charge in [-0.05, 0) is 29.7 Å². The predicted molar refractivity (Wildman–Crippen MR) is 122 cm³/mol. The number of ether oxygens (including phenoxy) is 1. The predicted octanol–water partition coefficient (Wildman–Crippen LogP) is 4.57. The molecule has 0 unspecified atom stereocenters. The zero-order chi connectivity index (χ0) is 22.3. The Hall–Kier alpha value is -3.16. The van der Waals surface area contributed by atoms with Gasteiger partial charge in [-0.3, -0.25) is 0 Å². The summed E-state index contributed by atoms with van der Waals surface area (Å²) < 4.78 is 30.3. The molecule has 3 N–H and O–H groups in total. The smallest absolute Gasteiger partial charge is 0.338 e. The van der Waals surface area contributed by atoms with E-state index in [0.29, 0.717) is 23.4 Å². The molecule has 0 aromatic heterocycles. The minimum absolute atomic E-state index is 0.0867. The third-order valence-electron chi connectivity index (χ3n) is 4.77. The Kier molecular flexibility index (Phi) is 7.44. The number of nitrogens with two attached hydrogens (primary N) is 1. The van der Waals surface area contributed by atoms with Crippen LogP contribution in [0.15, 0.2) is 77.7 Å². The summed E-state index contributed by atoms with van der Waals surface area (Å²) in [5.41, 5.74) is 2.62. The van der Waals surface area contributed by atoms with E-state index < -0.39 is 16.0 Å². The van der Waals surface area contributed by atoms with Gasteiger partial charge >= 0.3 is 5.97 Å². The molecule has 0 atom stereocenters. The molecule has 7 heteroatoms. The molecule has 0 bridgehead atoms. The molecule has 0 aliphatic carbocycles. The summed E-state index contributed by atoms with van der Waals surface area (Å²) in [6, 6.07) is 21.3. The van der Waals surface area contributed by atoms with E-state index in [2.05, 4.69) is 12.2 Å². The van der Waals surface area contributed by atoms with Crippen molar-refractivity contribution in [2.45, 2.75) is 31.3 Å². The number of nitrogens with one attached hydrogen (secondary N) is 1. The first-order valence-electron chi connectivity index (χ1n) is 10.1. The first kappa shape index (κ1) is 22.5. The number of carbonyl (C=O) groups excluding carboxylic acids is 1. The average Bonchev–Trinajstić information content (AvgIpc) is 2.78. The van der Waals surface area contributed by atoms with E-state index >= 15 is 0 Å². The van der Waals surface area contributed by atoms with E-state index in [4.69, 9.17) is 9.88 Å². The van der Waals surface area contributed by atoms with Gasteiger partial charge in [-0.1, -0.05) is 74.0 Å². The van der Waals surface area contributed by atoms with Crippen LogP contribution in [0.1, 0.15) is 35.7 Å². The third-order valence-corrected chi connectivity index (χ3v) is 5.70. The van der Waals surface area contributed by atoms with Crippen LogP contribution in [0.3, 0.4) is 0 Å². The van der Waals surface area contributed by atoms with Crippen LogP contribution in [0.4, 0.5) is 5.69 Å². The molecule has 0 aliphatic rings. The van der Waals surface area contributed by atoms with Crippen LogP contribution < -0.4 is 10.5 Å². The van der Waals surface area contributed by atoms with Gasteiger partial charge in [-0.25, -0.2) is 18.4 Å². The van der Waals surface area contributed by atoms with Crippen molar-refractivity contribution in [3.05, 3.63) is 83.9 Å². The molecule has 0 spiro atoms. The number of rotatable bonds is 9. The highest BCUT2D eigenvalue weighted by Crippen LogP contribution is 2.35. The number of anilines is 1. The zero-order valence-corrected chi connectivity index (χ0v) is 18.2. The summed E-state index contributed by atoms with van der Waals surface area (Å²) in [5, 5.41) is 8.81. The minimum atomic E-state index is -4.11. The van der Waals surface area contributed by atoms with E-state index in [1.54, 1.807) is 6.07 Å². The summed E-state index contributed by atoms with van der Waals surface area (Å²) in [7, 11) is -4.11. The summed E-state index contributed by atoms with van der Waals surface area (Å²) in [6.45, 7) is 2.78. The topological polar surface area (TPSA) is 98.5 Å². The lowest BCUT2D eigenvalue weighted by molar-refractivity contribution is 0.0472. The second-order valence-electron chi connectivity index (χ2n) is 7.15. The lowest BCUT2D eigenvalue weighted by Gasteiger charge is -2.18. The normalized spacial score (nSPS) is 11.2. The number of hydrogen-bond donors (Lipinski definition) is 2. The average molecular weight is 439 g/mol. The van der Waals surface area contributed by atoms with Gasteiger partial charge in [0, 0.05) is 17.8 Å². The van der Waals surface area contributed by atoms with E-state index in [1.807, 2.05) is 60.7 Å². The molecule has 3 rings (SSSR count). The Labute approximate surface area is 183 Å². The molecule has 0 heterocycles. The Bertz CT molecular complexity index is 1130. The first-order chi connectivity index (χ1) is 14.9. The summed E-state index contributed by atoms with van der Waals surface area (Å²) >= 11 is 0. The number of hydrogen-bond acceptors (Lipinski definition) is 5. The Balaban J connectivity index is 2.04. The molecule has 0 saturated heterocycles. The van der Waals surface area contributed by atoms with E-state index in [-0.39, 0.29) is 17.1 Å². The van der Waals surface area contributed by atoms with Crippen LogP contribution in [-0.4, -0.2) is 20.9 Å². The van der Waals surface area contributed by atoms with Crippen molar-refractivity contribution in [3.8, 4) is 11.1 Å². The number of benzene rings is 3. The standard InChI is InChI=1S/C24H26N2O4S/c1-2-3-14-26-21-15-20(24(27)30-17-18-10-6-4-7-11-18)16-22(31(25,28)29)23(21)19-12-8-5-9-13-19/h4-13,15-16,26H,2-3,14,17H2,1H3,(H2,25,28,29). The first-order valence-corrected chi connectivity index (χ1v) is 11.7. The van der Waals surface area contributed by atoms with Gasteiger partial charge in [0.15, 0.2) is 0 Å². The summed E-state index contributed by atoms with van der Waals surface area (Å²) in [5.74, 6) is -0.619. The Morgan fingerprint density at radius 1 is 1.00 bits per heavy atom. The van der Waals surface area contributed by atoms with Gasteiger partial charge in [0.1, 0.15) is 6.61 Å². The highest BCUT2D eigenvalue weighted by atomic mass is 32.2. The van der Waals surface area contributed by atoms with Crippen molar-refractivity contribution in [2.75, 3.05) is 11.9 Å². The maximum Gasteiger partial charge on any atom is 0.338 e. The third kappa shape index (κ3) is 5.93. The fraction of sp³-hybridized carbons (Fsp3) is 0.208. The number of esters is 1. The van der Waals surface area contributed by atoms with Gasteiger partial charge in [0.25, 0.3) is 0 Å². The fourth-order valence-corrected chi connectivity index (χ4v) is 4.01. The van der Waals surface area contributed by atoms with Gasteiger partial charge in [-0.15, -0.1) is 0 Å². The molecule has 0 saturated carbocycles. The van der Waals surface area contributed by atoms with Crippen LogP contribution in [-0.2, 0) is 21.4 Å².